The monoisotopic (exact) mass is 401 g/mol. The number of isocyanates is 1. The van der Waals surface area contributed by atoms with Gasteiger partial charge >= 0.3 is 18.0 Å². The van der Waals surface area contributed by atoms with E-state index in [0.717, 1.165) is 18.4 Å². The molecule has 0 aromatic heterocycles. The molecule has 0 N–H and O–H groups in total. The molecule has 2 amide bonds. The number of rotatable bonds is 7. The molecule has 0 aromatic rings. The Hall–Kier alpha value is -2.90. The van der Waals surface area contributed by atoms with Crippen LogP contribution in [0.2, 0.25) is 0 Å². The number of nitrogens with zero attached hydrogens (tertiary/aromatic N) is 5. The number of hydrogen-bond donors (Lipinski definition) is 0. The molecule has 0 saturated heterocycles. The average Bonchev–Trinajstić information content (AvgIpc) is 2.62. The Kier molecular flexibility index (Phi) is 11.1. The Bertz CT molecular complexity index is 706. The van der Waals surface area contributed by atoms with Crippen LogP contribution in [-0.2, 0) is 24.0 Å². The van der Waals surface area contributed by atoms with Crippen LogP contribution in [-0.4, -0.2) is 33.5 Å². The summed E-state index contributed by atoms with van der Waals surface area (Å²) in [5.74, 6) is -1.94. The van der Waals surface area contributed by atoms with E-state index in [1.165, 1.54) is 13.1 Å². The summed E-state index contributed by atoms with van der Waals surface area (Å²) in [5.41, 5.74) is -0.214. The van der Waals surface area contributed by atoms with Crippen molar-refractivity contribution in [2.24, 2.45) is 5.10 Å². The summed E-state index contributed by atoms with van der Waals surface area (Å²) < 4.78 is 4.81. The van der Waals surface area contributed by atoms with Crippen molar-refractivity contribution in [1.29, 1.82) is 10.5 Å². The smallest absolute Gasteiger partial charge is 0.400 e. The van der Waals surface area contributed by atoms with Gasteiger partial charge in [0.1, 0.15) is 11.7 Å². The van der Waals surface area contributed by atoms with Crippen LogP contribution in [0.5, 0.6) is 0 Å². The van der Waals surface area contributed by atoms with Crippen molar-refractivity contribution < 1.29 is 28.8 Å². The van der Waals surface area contributed by atoms with Gasteiger partial charge in [0, 0.05) is 26.7 Å². The van der Waals surface area contributed by atoms with Crippen LogP contribution in [0.1, 0.15) is 6.92 Å². The van der Waals surface area contributed by atoms with Gasteiger partial charge < -0.3 is 9.57 Å². The minimum absolute atomic E-state index is 0.00165. The topological polar surface area (TPSA) is 153 Å². The van der Waals surface area contributed by atoms with Gasteiger partial charge in [0.05, 0.1) is 16.6 Å². The zero-order valence-electron chi connectivity index (χ0n) is 12.3. The lowest BCUT2D eigenvalue weighted by molar-refractivity contribution is -0.156. The maximum absolute atomic E-state index is 12.0. The molecular weight excluding hydrogens is 394 g/mol. The van der Waals surface area contributed by atoms with Crippen molar-refractivity contribution in [3.05, 3.63) is 24.5 Å². The largest absolute Gasteiger partial charge is 0.431 e. The highest BCUT2D eigenvalue weighted by Gasteiger charge is 2.27. The number of hydrazone groups is 1. The van der Waals surface area contributed by atoms with Crippen molar-refractivity contribution in [3.8, 4) is 11.6 Å². The van der Waals surface area contributed by atoms with E-state index in [-0.39, 0.29) is 10.6 Å². The summed E-state index contributed by atoms with van der Waals surface area (Å²) in [5, 5.41) is 21.7. The summed E-state index contributed by atoms with van der Waals surface area (Å²) in [6.45, 7) is 4.37. The average molecular weight is 401 g/mol. The molecule has 0 heterocycles. The van der Waals surface area contributed by atoms with E-state index in [0.29, 0.717) is 36.1 Å². The molecule has 0 atom stereocenters. The van der Waals surface area contributed by atoms with Crippen LogP contribution >= 0.6 is 31.6 Å². The van der Waals surface area contributed by atoms with Crippen molar-refractivity contribution in [2.75, 3.05) is 0 Å². The Labute approximate surface area is 152 Å². The zero-order chi connectivity index (χ0) is 19.2. The maximum Gasteiger partial charge on any atom is 0.400 e. The van der Waals surface area contributed by atoms with Crippen LogP contribution in [0, 0.1) is 22.1 Å². The molecule has 0 aliphatic rings. The fourth-order valence-electron chi connectivity index (χ4n) is 0.760. The lowest BCUT2D eigenvalue weighted by Gasteiger charge is -2.18. The Morgan fingerprint density at radius 2 is 2.00 bits per heavy atom. The number of esters is 1. The quantitative estimate of drug-likeness (QED) is 0.0525. The third-order valence-electron chi connectivity index (χ3n) is 1.75. The van der Waals surface area contributed by atoms with Crippen LogP contribution in [0.3, 0.4) is 0 Å². The molecule has 25 heavy (non-hydrogen) atoms. The van der Waals surface area contributed by atoms with Crippen LogP contribution in [0.4, 0.5) is 4.79 Å². The van der Waals surface area contributed by atoms with E-state index >= 15 is 0 Å². The van der Waals surface area contributed by atoms with E-state index in [9.17, 15) is 19.2 Å². The SMILES string of the molecule is C=CC(=O)OC=C(C)C(=O)ON(SSSC#N)C(=O)N(C#N)N=C=O. The number of thiocyanates is 1. The molecule has 0 aliphatic carbocycles. The van der Waals surface area contributed by atoms with E-state index in [1.54, 1.807) is 5.40 Å². The number of urea groups is 1. The van der Waals surface area contributed by atoms with E-state index in [4.69, 9.17) is 15.4 Å². The first-order valence-corrected chi connectivity index (χ1v) is 9.08. The predicted octanol–water partition coefficient (Wildman–Crippen LogP) is 1.96. The van der Waals surface area contributed by atoms with Crippen LogP contribution in [0.15, 0.2) is 29.6 Å². The number of amides is 2. The second kappa shape index (κ2) is 12.5. The highest BCUT2D eigenvalue weighted by atomic mass is 33.5. The van der Waals surface area contributed by atoms with Crippen molar-refractivity contribution in [1.82, 2.24) is 9.48 Å². The molecule has 130 valence electrons. The van der Waals surface area contributed by atoms with Crippen molar-refractivity contribution in [2.45, 2.75) is 6.92 Å². The molecule has 11 nitrogen and oxygen atoms in total. The van der Waals surface area contributed by atoms with Gasteiger partial charge in [-0.2, -0.15) is 10.5 Å². The molecule has 0 fully saturated rings. The van der Waals surface area contributed by atoms with Gasteiger partial charge in [-0.25, -0.2) is 19.2 Å². The minimum Gasteiger partial charge on any atom is -0.431 e. The van der Waals surface area contributed by atoms with Crippen LogP contribution < -0.4 is 0 Å². The third-order valence-corrected chi connectivity index (χ3v) is 4.49. The van der Waals surface area contributed by atoms with E-state index in [1.807, 2.05) is 0 Å². The molecule has 0 rings (SSSR count). The van der Waals surface area contributed by atoms with Crippen molar-refractivity contribution in [3.63, 3.8) is 0 Å². The highest BCUT2D eigenvalue weighted by molar-refractivity contribution is 9.09. The number of ether oxygens (including phenoxy) is 1. The summed E-state index contributed by atoms with van der Waals surface area (Å²) in [6, 6.07) is -1.31. The number of carbonyl (C=O) groups excluding carboxylic acids is 4. The molecule has 0 bridgehead atoms. The van der Waals surface area contributed by atoms with Crippen molar-refractivity contribution >= 4 is 55.6 Å². The molecule has 0 aliphatic heterocycles. The van der Waals surface area contributed by atoms with Gasteiger partial charge in [0.25, 0.3) is 6.08 Å². The normalized spacial score (nSPS) is 9.48. The minimum atomic E-state index is -1.31. The van der Waals surface area contributed by atoms with Gasteiger partial charge in [0.2, 0.25) is 6.19 Å². The first kappa shape index (κ1) is 22.1. The van der Waals surface area contributed by atoms with Gasteiger partial charge in [0.15, 0.2) is 0 Å². The molecule has 0 aromatic carbocycles. The standard InChI is InChI=1S/C11H7N5O6S3/c1-3-9(18)21-4-8(2)10(19)22-16(24-25-23-6-13)11(20)15(5-12)14-7-17/h3-4H,1H2,2H3. The summed E-state index contributed by atoms with van der Waals surface area (Å²) in [4.78, 5) is 49.6. The predicted molar refractivity (Wildman–Crippen MR) is 87.3 cm³/mol. The molecule has 0 radical (unpaired) electrons. The Morgan fingerprint density at radius 1 is 1.32 bits per heavy atom. The maximum atomic E-state index is 12.0. The Morgan fingerprint density at radius 3 is 2.52 bits per heavy atom. The molecule has 14 heteroatoms. The second-order valence-corrected chi connectivity index (χ2v) is 6.83. The number of carbonyl (C=O) groups is 3. The summed E-state index contributed by atoms with van der Waals surface area (Å²) >= 11 is 0. The number of nitriles is 2. The van der Waals surface area contributed by atoms with Gasteiger partial charge in [-0.3, -0.25) is 0 Å². The van der Waals surface area contributed by atoms with Gasteiger partial charge in [-0.05, 0) is 6.92 Å². The molecule has 0 spiro atoms. The second-order valence-electron chi connectivity index (χ2n) is 3.28. The molecule has 0 unspecified atom stereocenters. The number of hydroxylamine groups is 1. The first-order valence-electron chi connectivity index (χ1n) is 5.64. The highest BCUT2D eigenvalue weighted by Crippen LogP contribution is 2.37. The van der Waals surface area contributed by atoms with E-state index in [2.05, 4.69) is 16.4 Å². The third kappa shape index (κ3) is 8.50. The molecular formula is C11H7N5O6S3. The zero-order valence-corrected chi connectivity index (χ0v) is 14.7. The summed E-state index contributed by atoms with van der Waals surface area (Å²) in [6.07, 6.45) is 3.86. The van der Waals surface area contributed by atoms with Gasteiger partial charge in [-0.1, -0.05) is 21.2 Å². The fourth-order valence-corrected chi connectivity index (χ4v) is 2.79. The molecule has 0 saturated carbocycles. The van der Waals surface area contributed by atoms with E-state index < -0.39 is 18.0 Å². The first-order chi connectivity index (χ1) is 11.9. The number of hydrogen-bond acceptors (Lipinski definition) is 12. The summed E-state index contributed by atoms with van der Waals surface area (Å²) in [7, 11) is 1.81. The van der Waals surface area contributed by atoms with Gasteiger partial charge in [-0.15, -0.1) is 0 Å². The lowest BCUT2D eigenvalue weighted by atomic mass is 10.3. The fraction of sp³-hybridized carbons (Fsp3) is 0.0909. The van der Waals surface area contributed by atoms with Crippen LogP contribution in [0.25, 0.3) is 0 Å². The Balaban J connectivity index is 5.19. The lowest BCUT2D eigenvalue weighted by Crippen LogP contribution is -2.35.